The van der Waals surface area contributed by atoms with Gasteiger partial charge in [0.25, 0.3) is 0 Å². The van der Waals surface area contributed by atoms with Gasteiger partial charge in [0.05, 0.1) is 29.2 Å². The van der Waals surface area contributed by atoms with Crippen molar-refractivity contribution in [3.05, 3.63) is 34.9 Å². The van der Waals surface area contributed by atoms with Crippen LogP contribution in [0, 0.1) is 11.7 Å². The van der Waals surface area contributed by atoms with Crippen molar-refractivity contribution in [1.29, 1.82) is 0 Å². The van der Waals surface area contributed by atoms with Crippen molar-refractivity contribution < 1.29 is 23.0 Å². The molecule has 3 aromatic heterocycles. The minimum absolute atomic E-state index is 0.00338. The fraction of sp³-hybridized carbons (Fsp3) is 0.562. The molecule has 2 N–H and O–H groups in total. The lowest BCUT2D eigenvalue weighted by Gasteiger charge is -2.38. The Labute approximate surface area is 263 Å². The Balaban J connectivity index is 1.27. The summed E-state index contributed by atoms with van der Waals surface area (Å²) in [7, 11) is 0. The summed E-state index contributed by atoms with van der Waals surface area (Å²) in [4.78, 5) is 17.8. The number of hydrogen-bond donors (Lipinski definition) is 2. The third-order valence-electron chi connectivity index (χ3n) is 10.4. The van der Waals surface area contributed by atoms with E-state index >= 15 is 4.39 Å². The van der Waals surface area contributed by atoms with E-state index in [1.807, 2.05) is 6.07 Å². The smallest absolute Gasteiger partial charge is 0.319 e. The van der Waals surface area contributed by atoms with Crippen molar-refractivity contribution >= 4 is 39.2 Å². The van der Waals surface area contributed by atoms with E-state index in [0.29, 0.717) is 71.0 Å². The van der Waals surface area contributed by atoms with Crippen molar-refractivity contribution in [3.8, 4) is 17.3 Å². The number of benzene rings is 1. The number of rotatable bonds is 7. The Morgan fingerprint density at radius 3 is 2.80 bits per heavy atom. The number of ether oxygens (including phenoxy) is 1. The molecule has 4 fully saturated rings. The van der Waals surface area contributed by atoms with Crippen LogP contribution >= 0.6 is 11.6 Å². The average molecular weight is 642 g/mol. The number of aromatic amines is 1. The molecule has 13 heteroatoms. The van der Waals surface area contributed by atoms with Gasteiger partial charge in [0.1, 0.15) is 42.1 Å². The maximum Gasteiger partial charge on any atom is 0.319 e. The number of pyridine rings is 1. The van der Waals surface area contributed by atoms with Gasteiger partial charge in [-0.3, -0.25) is 15.0 Å². The van der Waals surface area contributed by atoms with E-state index in [1.165, 1.54) is 6.20 Å². The summed E-state index contributed by atoms with van der Waals surface area (Å²) in [5, 5.41) is 19.5. The number of aromatic nitrogens is 5. The highest BCUT2D eigenvalue weighted by Gasteiger charge is 2.49. The average Bonchev–Trinajstić information content (AvgIpc) is 3.31. The Hall–Kier alpha value is -3.22. The van der Waals surface area contributed by atoms with E-state index in [4.69, 9.17) is 16.3 Å². The normalized spacial score (nSPS) is 30.0. The van der Waals surface area contributed by atoms with Gasteiger partial charge in [-0.1, -0.05) is 18.5 Å². The van der Waals surface area contributed by atoms with Crippen LogP contribution in [0.1, 0.15) is 56.9 Å². The summed E-state index contributed by atoms with van der Waals surface area (Å²) in [6.45, 7) is 3.02. The first-order valence-electron chi connectivity index (χ1n) is 15.8. The molecule has 3 saturated heterocycles. The van der Waals surface area contributed by atoms with Crippen molar-refractivity contribution in [2.24, 2.45) is 5.92 Å². The van der Waals surface area contributed by atoms with Crippen LogP contribution in [0.2, 0.25) is 5.02 Å². The quantitative estimate of drug-likeness (QED) is 0.263. The van der Waals surface area contributed by atoms with Crippen LogP contribution in [-0.4, -0.2) is 91.9 Å². The summed E-state index contributed by atoms with van der Waals surface area (Å²) in [5.41, 5.74) is 0.169. The molecule has 3 aliphatic heterocycles. The third kappa shape index (κ3) is 4.82. The van der Waals surface area contributed by atoms with E-state index < -0.39 is 29.8 Å². The second kappa shape index (κ2) is 10.7. The van der Waals surface area contributed by atoms with E-state index in [9.17, 15) is 13.9 Å². The van der Waals surface area contributed by atoms with Crippen LogP contribution in [-0.2, 0) is 0 Å². The lowest BCUT2D eigenvalue weighted by molar-refractivity contribution is 0.00302. The monoisotopic (exact) mass is 641 g/mol. The van der Waals surface area contributed by atoms with E-state index in [-0.39, 0.29) is 36.3 Å². The van der Waals surface area contributed by atoms with Gasteiger partial charge in [-0.2, -0.15) is 15.1 Å². The van der Waals surface area contributed by atoms with Gasteiger partial charge in [-0.25, -0.2) is 13.2 Å². The molecule has 0 spiro atoms. The summed E-state index contributed by atoms with van der Waals surface area (Å²) >= 11 is 6.80. The molecule has 0 bridgehead atoms. The molecule has 1 aliphatic carbocycles. The van der Waals surface area contributed by atoms with Gasteiger partial charge >= 0.3 is 6.01 Å². The SMILES string of the molecule is C[C@H]1C[C@H]1c1c(Cl)cc2[nH]ncc2c1-c1ncc2c(N3CCC[C@](O)(CF)C3)nc(OC[C@@]34CCCN3C[C@H](F)C4)nc2c1F. The number of alkyl halides is 2. The first kappa shape index (κ1) is 29.2. The molecule has 238 valence electrons. The number of H-pyrrole nitrogens is 1. The zero-order valence-corrected chi connectivity index (χ0v) is 25.8. The minimum atomic E-state index is -1.55. The molecule has 4 aromatic rings. The molecule has 0 radical (unpaired) electrons. The number of aliphatic hydroxyl groups is 1. The highest BCUT2D eigenvalue weighted by atomic mass is 35.5. The van der Waals surface area contributed by atoms with Gasteiger partial charge in [-0.15, -0.1) is 0 Å². The van der Waals surface area contributed by atoms with Crippen molar-refractivity contribution in [2.45, 2.75) is 68.7 Å². The molecule has 1 aromatic carbocycles. The second-order valence-corrected chi connectivity index (χ2v) is 14.0. The van der Waals surface area contributed by atoms with Crippen LogP contribution in [0.15, 0.2) is 18.5 Å². The summed E-state index contributed by atoms with van der Waals surface area (Å²) in [6, 6.07) is 1.76. The Morgan fingerprint density at radius 2 is 2.00 bits per heavy atom. The Bertz CT molecular complexity index is 1810. The van der Waals surface area contributed by atoms with Crippen LogP contribution in [0.25, 0.3) is 33.1 Å². The molecule has 45 heavy (non-hydrogen) atoms. The molecule has 6 heterocycles. The molecule has 5 atom stereocenters. The van der Waals surface area contributed by atoms with Gasteiger partial charge in [-0.05, 0) is 62.1 Å². The molecule has 1 saturated carbocycles. The summed E-state index contributed by atoms with van der Waals surface area (Å²) in [5.74, 6) is 0.203. The predicted octanol–water partition coefficient (Wildman–Crippen LogP) is 5.74. The summed E-state index contributed by atoms with van der Waals surface area (Å²) < 4.78 is 51.5. The topological polar surface area (TPSA) is 103 Å². The van der Waals surface area contributed by atoms with Gasteiger partial charge < -0.3 is 14.7 Å². The molecule has 8 rings (SSSR count). The van der Waals surface area contributed by atoms with Crippen LogP contribution in [0.5, 0.6) is 6.01 Å². The zero-order chi connectivity index (χ0) is 31.1. The third-order valence-corrected chi connectivity index (χ3v) is 10.7. The van der Waals surface area contributed by atoms with Crippen LogP contribution in [0.3, 0.4) is 0 Å². The maximum atomic E-state index is 17.0. The minimum Gasteiger partial charge on any atom is -0.461 e. The van der Waals surface area contributed by atoms with E-state index in [0.717, 1.165) is 31.4 Å². The largest absolute Gasteiger partial charge is 0.461 e. The molecule has 0 amide bonds. The number of β-amino-alcohol motifs (C(OH)–C–C–N with tert-alkyl or cyclic N) is 1. The number of hydrogen-bond acceptors (Lipinski definition) is 8. The lowest BCUT2D eigenvalue weighted by atomic mass is 9.94. The van der Waals surface area contributed by atoms with Gasteiger partial charge in [0, 0.05) is 41.7 Å². The molecule has 4 aliphatic rings. The van der Waals surface area contributed by atoms with E-state index in [2.05, 4.69) is 37.0 Å². The molecule has 0 unspecified atom stereocenters. The number of halogens is 4. The molecule has 9 nitrogen and oxygen atoms in total. The van der Waals surface area contributed by atoms with Crippen molar-refractivity contribution in [3.63, 3.8) is 0 Å². The number of nitrogens with zero attached hydrogens (tertiary/aromatic N) is 6. The Kier molecular flexibility index (Phi) is 6.92. The lowest BCUT2D eigenvalue weighted by Crippen LogP contribution is -2.50. The first-order valence-corrected chi connectivity index (χ1v) is 16.1. The van der Waals surface area contributed by atoms with Crippen LogP contribution < -0.4 is 9.64 Å². The Morgan fingerprint density at radius 1 is 1.18 bits per heavy atom. The highest BCUT2D eigenvalue weighted by molar-refractivity contribution is 6.33. The second-order valence-electron chi connectivity index (χ2n) is 13.6. The van der Waals surface area contributed by atoms with Crippen molar-refractivity contribution in [1.82, 2.24) is 30.0 Å². The molecular weight excluding hydrogens is 607 g/mol. The van der Waals surface area contributed by atoms with Crippen LogP contribution in [0.4, 0.5) is 19.0 Å². The van der Waals surface area contributed by atoms with Gasteiger partial charge in [0.2, 0.25) is 0 Å². The maximum absolute atomic E-state index is 17.0. The fourth-order valence-corrected chi connectivity index (χ4v) is 8.31. The van der Waals surface area contributed by atoms with E-state index in [1.54, 1.807) is 11.1 Å². The first-order chi connectivity index (χ1) is 21.7. The molecular formula is C32H35ClF3N7O2. The predicted molar refractivity (Wildman–Crippen MR) is 165 cm³/mol. The number of nitrogens with one attached hydrogen (secondary N) is 1. The summed E-state index contributed by atoms with van der Waals surface area (Å²) in [6.07, 6.45) is 6.13. The standard InChI is InChI=1S/C32H35ClF3N7O2/c1-17-8-19(17)24-22(33)9-23-20(12-38-41-23)25(24)28-26(36)27-21(11-37-28)29(42-6-3-5-32(44,14-34)15-42)40-30(39-27)45-16-31-4-2-7-43(31)13-18(35)10-31/h9,11-12,17-19,44H,2-8,10,13-16H2,1H3,(H,38,41)/t17-,18+,19+,31-,32-/m0/s1. The highest BCUT2D eigenvalue weighted by Crippen LogP contribution is 2.54. The number of anilines is 1. The fourth-order valence-electron chi connectivity index (χ4n) is 7.97. The van der Waals surface area contributed by atoms with Crippen molar-refractivity contribution in [2.75, 3.05) is 44.4 Å². The van der Waals surface area contributed by atoms with Gasteiger partial charge in [0.15, 0.2) is 5.82 Å². The zero-order valence-electron chi connectivity index (χ0n) is 25.0. The number of piperidine rings is 1. The number of fused-ring (bicyclic) bond motifs is 3.